The second kappa shape index (κ2) is 8.88. The molecule has 5 N–H and O–H groups in total. The van der Waals surface area contributed by atoms with Crippen LogP contribution in [-0.4, -0.2) is 25.6 Å². The van der Waals surface area contributed by atoms with E-state index in [-0.39, 0.29) is 12.0 Å². The van der Waals surface area contributed by atoms with E-state index in [0.717, 1.165) is 29.8 Å². The molecule has 0 saturated heterocycles. The number of aromatic nitrogens is 4. The number of hydrogen-bond donors (Lipinski definition) is 3. The normalized spacial score (nSPS) is 15.4. The number of rotatable bonds is 7. The number of nitrogens with one attached hydrogen (secondary N) is 1. The molecule has 0 amide bonds. The summed E-state index contributed by atoms with van der Waals surface area (Å²) in [7, 11) is 0. The van der Waals surface area contributed by atoms with E-state index in [0.29, 0.717) is 24.8 Å². The molecule has 1 aromatic carbocycles. The summed E-state index contributed by atoms with van der Waals surface area (Å²) in [5, 5.41) is 7.71. The molecule has 1 atom stereocenters. The first kappa shape index (κ1) is 20.9. The SMILES string of the molecule is CC(N)Cc1nc2c(NCc3ccc(-c4ccsc4)cc3)nc(N)nc2n1C1CCCC1. The van der Waals surface area contributed by atoms with Crippen molar-refractivity contribution in [2.24, 2.45) is 5.73 Å². The van der Waals surface area contributed by atoms with Crippen LogP contribution < -0.4 is 16.8 Å². The highest BCUT2D eigenvalue weighted by Gasteiger charge is 2.25. The Morgan fingerprint density at radius 3 is 2.56 bits per heavy atom. The Hall–Kier alpha value is -2.97. The van der Waals surface area contributed by atoms with Crippen molar-refractivity contribution in [1.29, 1.82) is 0 Å². The number of thiophene rings is 1. The van der Waals surface area contributed by atoms with Crippen LogP contribution in [0.15, 0.2) is 41.1 Å². The van der Waals surface area contributed by atoms with Crippen LogP contribution in [0.2, 0.25) is 0 Å². The molecule has 1 unspecified atom stereocenters. The molecule has 1 fully saturated rings. The van der Waals surface area contributed by atoms with Crippen LogP contribution in [0.3, 0.4) is 0 Å². The Morgan fingerprint density at radius 2 is 1.88 bits per heavy atom. The van der Waals surface area contributed by atoms with Gasteiger partial charge in [-0.1, -0.05) is 37.1 Å². The Balaban J connectivity index is 1.44. The third-order valence-corrected chi connectivity index (χ3v) is 6.78. The van der Waals surface area contributed by atoms with Gasteiger partial charge in [-0.2, -0.15) is 21.3 Å². The summed E-state index contributed by atoms with van der Waals surface area (Å²) >= 11 is 1.71. The van der Waals surface area contributed by atoms with Gasteiger partial charge in [0, 0.05) is 25.0 Å². The highest BCUT2D eigenvalue weighted by molar-refractivity contribution is 7.08. The van der Waals surface area contributed by atoms with Crippen molar-refractivity contribution in [2.45, 2.75) is 57.7 Å². The minimum Gasteiger partial charge on any atom is -0.368 e. The van der Waals surface area contributed by atoms with Crippen LogP contribution >= 0.6 is 11.3 Å². The molecule has 0 spiro atoms. The standard InChI is InChI=1S/C24H29N7S/c1-15(25)12-20-28-21-22(29-24(26)30-23(21)31(20)19-4-2-3-5-19)27-13-16-6-8-17(9-7-16)18-10-11-32-14-18/h6-11,14-15,19H,2-5,12-13,25H2,1H3,(H3,26,27,29,30). The van der Waals surface area contributed by atoms with Gasteiger partial charge in [0.05, 0.1) is 0 Å². The number of nitrogens with two attached hydrogens (primary N) is 2. The van der Waals surface area contributed by atoms with E-state index < -0.39 is 0 Å². The molecule has 1 aliphatic rings. The summed E-state index contributed by atoms with van der Waals surface area (Å²) in [5.74, 6) is 1.92. The number of nitrogens with zero attached hydrogens (tertiary/aromatic N) is 4. The predicted octanol–water partition coefficient (Wildman–Crippen LogP) is 4.75. The lowest BCUT2D eigenvalue weighted by atomic mass is 10.1. The van der Waals surface area contributed by atoms with E-state index in [1.165, 1.54) is 29.5 Å². The molecular weight excluding hydrogens is 418 g/mol. The van der Waals surface area contributed by atoms with Crippen LogP contribution in [0.25, 0.3) is 22.3 Å². The Bertz CT molecular complexity index is 1190. The first-order chi connectivity index (χ1) is 15.6. The van der Waals surface area contributed by atoms with Crippen molar-refractivity contribution in [2.75, 3.05) is 11.1 Å². The summed E-state index contributed by atoms with van der Waals surface area (Å²) in [5.41, 5.74) is 17.5. The maximum atomic E-state index is 6.13. The van der Waals surface area contributed by atoms with Gasteiger partial charge < -0.3 is 21.4 Å². The molecule has 0 bridgehead atoms. The van der Waals surface area contributed by atoms with Gasteiger partial charge in [0.25, 0.3) is 0 Å². The molecule has 4 aromatic rings. The van der Waals surface area contributed by atoms with Gasteiger partial charge in [0.2, 0.25) is 5.95 Å². The molecule has 8 heteroatoms. The monoisotopic (exact) mass is 447 g/mol. The lowest BCUT2D eigenvalue weighted by molar-refractivity contribution is 0.499. The van der Waals surface area contributed by atoms with E-state index in [4.69, 9.17) is 16.5 Å². The fourth-order valence-electron chi connectivity index (χ4n) is 4.57. The fraction of sp³-hybridized carbons (Fsp3) is 0.375. The van der Waals surface area contributed by atoms with Crippen molar-refractivity contribution < 1.29 is 0 Å². The predicted molar refractivity (Wildman–Crippen MR) is 132 cm³/mol. The molecule has 3 heterocycles. The highest BCUT2D eigenvalue weighted by Crippen LogP contribution is 2.35. The van der Waals surface area contributed by atoms with Crippen molar-refractivity contribution in [3.05, 3.63) is 52.5 Å². The molecule has 7 nitrogen and oxygen atoms in total. The molecule has 1 saturated carbocycles. The second-order valence-corrected chi connectivity index (χ2v) is 9.46. The van der Waals surface area contributed by atoms with Crippen LogP contribution in [0.1, 0.15) is 50.0 Å². The van der Waals surface area contributed by atoms with Crippen LogP contribution in [-0.2, 0) is 13.0 Å². The van der Waals surface area contributed by atoms with E-state index in [2.05, 4.69) is 60.9 Å². The number of imidazole rings is 1. The van der Waals surface area contributed by atoms with Crippen LogP contribution in [0.4, 0.5) is 11.8 Å². The van der Waals surface area contributed by atoms with E-state index in [9.17, 15) is 0 Å². The summed E-state index contributed by atoms with van der Waals surface area (Å²) in [6.07, 6.45) is 5.45. The highest BCUT2D eigenvalue weighted by atomic mass is 32.1. The van der Waals surface area contributed by atoms with Gasteiger partial charge in [-0.05, 0) is 53.3 Å². The lowest BCUT2D eigenvalue weighted by Crippen LogP contribution is -2.21. The first-order valence-electron chi connectivity index (χ1n) is 11.2. The molecule has 166 valence electrons. The van der Waals surface area contributed by atoms with Crippen molar-refractivity contribution >= 4 is 34.3 Å². The Morgan fingerprint density at radius 1 is 1.09 bits per heavy atom. The third-order valence-electron chi connectivity index (χ3n) is 6.09. The summed E-state index contributed by atoms with van der Waals surface area (Å²) < 4.78 is 2.27. The van der Waals surface area contributed by atoms with E-state index >= 15 is 0 Å². The molecular formula is C24H29N7S. The van der Waals surface area contributed by atoms with Gasteiger partial charge in [-0.15, -0.1) is 0 Å². The number of fused-ring (bicyclic) bond motifs is 1. The zero-order valence-electron chi connectivity index (χ0n) is 18.3. The largest absolute Gasteiger partial charge is 0.368 e. The lowest BCUT2D eigenvalue weighted by Gasteiger charge is -2.16. The molecule has 0 radical (unpaired) electrons. The van der Waals surface area contributed by atoms with Gasteiger partial charge in [-0.3, -0.25) is 0 Å². The molecule has 3 aromatic heterocycles. The Labute approximate surface area is 191 Å². The van der Waals surface area contributed by atoms with Crippen molar-refractivity contribution in [3.63, 3.8) is 0 Å². The fourth-order valence-corrected chi connectivity index (χ4v) is 5.23. The minimum atomic E-state index is 0.0235. The van der Waals surface area contributed by atoms with Gasteiger partial charge in [0.1, 0.15) is 5.82 Å². The number of benzene rings is 1. The average Bonchev–Trinajstić information content (AvgIpc) is 3.53. The van der Waals surface area contributed by atoms with Gasteiger partial charge in [0.15, 0.2) is 17.0 Å². The second-order valence-electron chi connectivity index (χ2n) is 8.68. The zero-order valence-corrected chi connectivity index (χ0v) is 19.1. The molecule has 1 aliphatic carbocycles. The summed E-state index contributed by atoms with van der Waals surface area (Å²) in [4.78, 5) is 14.0. The number of hydrogen-bond acceptors (Lipinski definition) is 7. The van der Waals surface area contributed by atoms with Gasteiger partial charge in [-0.25, -0.2) is 4.98 Å². The molecule has 0 aliphatic heterocycles. The minimum absolute atomic E-state index is 0.0235. The van der Waals surface area contributed by atoms with Crippen LogP contribution in [0.5, 0.6) is 0 Å². The summed E-state index contributed by atoms with van der Waals surface area (Å²) in [6, 6.07) is 11.1. The van der Waals surface area contributed by atoms with Crippen LogP contribution in [0, 0.1) is 0 Å². The smallest absolute Gasteiger partial charge is 0.224 e. The van der Waals surface area contributed by atoms with E-state index in [1.54, 1.807) is 11.3 Å². The maximum absolute atomic E-state index is 6.13. The molecule has 5 rings (SSSR count). The number of anilines is 2. The number of nitrogen functional groups attached to an aromatic ring is 1. The van der Waals surface area contributed by atoms with Gasteiger partial charge >= 0.3 is 0 Å². The Kier molecular flexibility index (Phi) is 5.80. The quantitative estimate of drug-likeness (QED) is 0.377. The third kappa shape index (κ3) is 4.20. The maximum Gasteiger partial charge on any atom is 0.224 e. The van der Waals surface area contributed by atoms with Crippen molar-refractivity contribution in [3.8, 4) is 11.1 Å². The zero-order chi connectivity index (χ0) is 22.1. The first-order valence-corrected chi connectivity index (χ1v) is 12.2. The average molecular weight is 448 g/mol. The summed E-state index contributed by atoms with van der Waals surface area (Å²) in [6.45, 7) is 2.64. The van der Waals surface area contributed by atoms with Crippen molar-refractivity contribution in [1.82, 2.24) is 19.5 Å². The molecule has 32 heavy (non-hydrogen) atoms. The topological polar surface area (TPSA) is 108 Å². The van der Waals surface area contributed by atoms with E-state index in [1.807, 2.05) is 6.92 Å².